The first-order valence-electron chi connectivity index (χ1n) is 8.72. The smallest absolute Gasteiger partial charge is 0.408 e. The minimum atomic E-state index is -0.680. The van der Waals surface area contributed by atoms with Gasteiger partial charge < -0.3 is 19.7 Å². The zero-order chi connectivity index (χ0) is 19.2. The lowest BCUT2D eigenvalue weighted by Gasteiger charge is -2.32. The van der Waals surface area contributed by atoms with Crippen molar-refractivity contribution in [2.75, 3.05) is 13.1 Å². The number of hydrogen-bond donors (Lipinski definition) is 1. The Bertz CT molecular complexity index is 639. The third-order valence-corrected chi connectivity index (χ3v) is 3.78. The van der Waals surface area contributed by atoms with Gasteiger partial charge in [-0.2, -0.15) is 0 Å². The van der Waals surface area contributed by atoms with Gasteiger partial charge in [0.1, 0.15) is 24.8 Å². The summed E-state index contributed by atoms with van der Waals surface area (Å²) in [6, 6.07) is 8.66. The Morgan fingerprint density at radius 3 is 2.58 bits per heavy atom. The molecule has 1 aromatic carbocycles. The van der Waals surface area contributed by atoms with E-state index in [1.54, 1.807) is 20.8 Å². The normalized spacial score (nSPS) is 17.6. The van der Waals surface area contributed by atoms with Crippen LogP contribution in [0.2, 0.25) is 0 Å². The maximum Gasteiger partial charge on any atom is 0.408 e. The van der Waals surface area contributed by atoms with Crippen LogP contribution in [0.5, 0.6) is 0 Å². The van der Waals surface area contributed by atoms with E-state index in [2.05, 4.69) is 5.32 Å². The lowest BCUT2D eigenvalue weighted by atomic mass is 10.1. The Hall–Kier alpha value is -2.57. The van der Waals surface area contributed by atoms with E-state index in [-0.39, 0.29) is 19.1 Å². The molecule has 0 bridgehead atoms. The van der Waals surface area contributed by atoms with Crippen molar-refractivity contribution >= 4 is 18.0 Å². The molecule has 2 amide bonds. The van der Waals surface area contributed by atoms with Crippen LogP contribution in [0.15, 0.2) is 30.3 Å². The lowest BCUT2D eigenvalue weighted by Crippen LogP contribution is -2.54. The fraction of sp³-hybridized carbons (Fsp3) is 0.526. The average molecular weight is 362 g/mol. The first kappa shape index (κ1) is 19.8. The second-order valence-corrected chi connectivity index (χ2v) is 7.25. The molecular formula is C19H26N2O5. The van der Waals surface area contributed by atoms with Crippen molar-refractivity contribution in [1.82, 2.24) is 10.2 Å². The van der Waals surface area contributed by atoms with Gasteiger partial charge >= 0.3 is 12.1 Å². The molecule has 26 heavy (non-hydrogen) atoms. The van der Waals surface area contributed by atoms with Crippen molar-refractivity contribution in [2.24, 2.45) is 0 Å². The predicted octanol–water partition coefficient (Wildman–Crippen LogP) is 2.25. The molecule has 0 spiro atoms. The van der Waals surface area contributed by atoms with Gasteiger partial charge in [-0.3, -0.25) is 9.59 Å². The summed E-state index contributed by atoms with van der Waals surface area (Å²) in [5, 5.41) is 2.58. The van der Waals surface area contributed by atoms with Crippen LogP contribution in [0.3, 0.4) is 0 Å². The predicted molar refractivity (Wildman–Crippen MR) is 95.2 cm³/mol. The van der Waals surface area contributed by atoms with Gasteiger partial charge in [0.2, 0.25) is 5.91 Å². The van der Waals surface area contributed by atoms with Crippen LogP contribution in [0.1, 0.15) is 39.2 Å². The average Bonchev–Trinajstić information content (AvgIpc) is 2.56. The second kappa shape index (κ2) is 8.69. The molecule has 1 fully saturated rings. The Labute approximate surface area is 153 Å². The Kier molecular flexibility index (Phi) is 6.60. The first-order valence-corrected chi connectivity index (χ1v) is 8.72. The minimum absolute atomic E-state index is 0.127. The van der Waals surface area contributed by atoms with E-state index in [4.69, 9.17) is 9.47 Å². The number of nitrogens with zero attached hydrogens (tertiary/aromatic N) is 1. The highest BCUT2D eigenvalue weighted by atomic mass is 16.6. The van der Waals surface area contributed by atoms with Gasteiger partial charge in [-0.15, -0.1) is 0 Å². The molecule has 7 heteroatoms. The highest BCUT2D eigenvalue weighted by Crippen LogP contribution is 2.14. The van der Waals surface area contributed by atoms with Crippen molar-refractivity contribution in [1.29, 1.82) is 0 Å². The van der Waals surface area contributed by atoms with Crippen LogP contribution in [0.4, 0.5) is 4.79 Å². The number of hydrogen-bond acceptors (Lipinski definition) is 5. The molecule has 0 aromatic heterocycles. The molecule has 1 heterocycles. The molecule has 1 atom stereocenters. The summed E-state index contributed by atoms with van der Waals surface area (Å²) in [5.74, 6) is -0.765. The van der Waals surface area contributed by atoms with Crippen molar-refractivity contribution in [3.8, 4) is 0 Å². The van der Waals surface area contributed by atoms with E-state index in [1.807, 2.05) is 30.3 Å². The topological polar surface area (TPSA) is 84.9 Å². The summed E-state index contributed by atoms with van der Waals surface area (Å²) in [5.41, 5.74) is 0.248. The Morgan fingerprint density at radius 1 is 1.23 bits per heavy atom. The molecule has 1 aliphatic heterocycles. The number of rotatable bonds is 5. The molecule has 2 rings (SSSR count). The van der Waals surface area contributed by atoms with E-state index < -0.39 is 23.7 Å². The summed E-state index contributed by atoms with van der Waals surface area (Å²) in [4.78, 5) is 37.8. The summed E-state index contributed by atoms with van der Waals surface area (Å²) in [6.07, 6.45) is 0.579. The molecule has 7 nitrogen and oxygen atoms in total. The van der Waals surface area contributed by atoms with E-state index in [9.17, 15) is 14.4 Å². The van der Waals surface area contributed by atoms with Crippen LogP contribution in [0.25, 0.3) is 0 Å². The van der Waals surface area contributed by atoms with E-state index in [1.165, 1.54) is 4.90 Å². The Morgan fingerprint density at radius 2 is 1.92 bits per heavy atom. The van der Waals surface area contributed by atoms with Gasteiger partial charge in [0.05, 0.1) is 0 Å². The highest BCUT2D eigenvalue weighted by Gasteiger charge is 2.32. The highest BCUT2D eigenvalue weighted by molar-refractivity contribution is 5.89. The van der Waals surface area contributed by atoms with Crippen molar-refractivity contribution < 1.29 is 23.9 Å². The van der Waals surface area contributed by atoms with Gasteiger partial charge in [-0.25, -0.2) is 4.79 Å². The minimum Gasteiger partial charge on any atom is -0.459 e. The molecule has 1 aromatic rings. The molecule has 1 aliphatic rings. The maximum absolute atomic E-state index is 12.5. The third kappa shape index (κ3) is 6.38. The summed E-state index contributed by atoms with van der Waals surface area (Å²) in [7, 11) is 0. The second-order valence-electron chi connectivity index (χ2n) is 7.25. The maximum atomic E-state index is 12.5. The van der Waals surface area contributed by atoms with E-state index in [0.717, 1.165) is 5.56 Å². The number of ether oxygens (including phenoxy) is 2. The van der Waals surface area contributed by atoms with Crippen LogP contribution < -0.4 is 5.32 Å². The molecule has 1 unspecified atom stereocenters. The summed E-state index contributed by atoms with van der Waals surface area (Å²) < 4.78 is 10.4. The number of nitrogens with one attached hydrogen (secondary N) is 1. The van der Waals surface area contributed by atoms with Crippen LogP contribution in [-0.2, 0) is 25.7 Å². The number of esters is 1. The third-order valence-electron chi connectivity index (χ3n) is 3.78. The molecule has 0 aliphatic carbocycles. The Balaban J connectivity index is 1.82. The number of carbonyl (C=O) groups is 3. The molecule has 142 valence electrons. The van der Waals surface area contributed by atoms with Gasteiger partial charge in [-0.1, -0.05) is 30.3 Å². The number of likely N-dealkylation sites (tertiary alicyclic amines) is 1. The number of amides is 2. The molecule has 0 saturated carbocycles. The lowest BCUT2D eigenvalue weighted by molar-refractivity contribution is -0.152. The zero-order valence-electron chi connectivity index (χ0n) is 15.5. The van der Waals surface area contributed by atoms with Crippen LogP contribution in [-0.4, -0.2) is 47.6 Å². The van der Waals surface area contributed by atoms with E-state index >= 15 is 0 Å². The number of benzene rings is 1. The van der Waals surface area contributed by atoms with Crippen LogP contribution >= 0.6 is 0 Å². The standard InChI is InChI=1S/C19H26N2O5/c1-19(2,3)26-18(24)20-15-10-7-11-21(17(15)23)12-16(22)25-13-14-8-5-4-6-9-14/h4-6,8-9,15H,7,10-13H2,1-3H3,(H,20,24). The molecule has 1 N–H and O–H groups in total. The molecule has 0 radical (unpaired) electrons. The van der Waals surface area contributed by atoms with Gasteiger partial charge in [-0.05, 0) is 39.2 Å². The SMILES string of the molecule is CC(C)(C)OC(=O)NC1CCCN(CC(=O)OCc2ccccc2)C1=O. The number of carbonyl (C=O) groups excluding carboxylic acids is 3. The van der Waals surface area contributed by atoms with Crippen molar-refractivity contribution in [3.63, 3.8) is 0 Å². The first-order chi connectivity index (χ1) is 12.2. The van der Waals surface area contributed by atoms with Gasteiger partial charge in [0.15, 0.2) is 0 Å². The fourth-order valence-electron chi connectivity index (χ4n) is 2.62. The van der Waals surface area contributed by atoms with Crippen molar-refractivity contribution in [2.45, 2.75) is 51.9 Å². The van der Waals surface area contributed by atoms with Crippen molar-refractivity contribution in [3.05, 3.63) is 35.9 Å². The zero-order valence-corrected chi connectivity index (χ0v) is 15.5. The largest absolute Gasteiger partial charge is 0.459 e. The van der Waals surface area contributed by atoms with Crippen LogP contribution in [0, 0.1) is 0 Å². The van der Waals surface area contributed by atoms with Gasteiger partial charge in [0.25, 0.3) is 0 Å². The van der Waals surface area contributed by atoms with E-state index in [0.29, 0.717) is 19.4 Å². The molecule has 1 saturated heterocycles. The number of alkyl carbamates (subject to hydrolysis) is 1. The quantitative estimate of drug-likeness (QED) is 0.812. The summed E-state index contributed by atoms with van der Waals surface area (Å²) >= 11 is 0. The summed E-state index contributed by atoms with van der Waals surface area (Å²) in [6.45, 7) is 5.77. The monoisotopic (exact) mass is 362 g/mol. The number of piperidine rings is 1. The van der Waals surface area contributed by atoms with Gasteiger partial charge in [0, 0.05) is 6.54 Å². The fourth-order valence-corrected chi connectivity index (χ4v) is 2.62. The molecular weight excluding hydrogens is 336 g/mol.